The van der Waals surface area contributed by atoms with Gasteiger partial charge in [0.15, 0.2) is 0 Å². The maximum atomic E-state index is 13.1. The lowest BCUT2D eigenvalue weighted by molar-refractivity contribution is -0.149. The monoisotopic (exact) mass is 778 g/mol. The molecule has 6 heteroatoms. The Kier molecular flexibility index (Phi) is 43.8. The highest BCUT2D eigenvalue weighted by Crippen LogP contribution is 2.16. The zero-order chi connectivity index (χ0) is 40.1. The van der Waals surface area contributed by atoms with Crippen molar-refractivity contribution >= 4 is 17.8 Å². The highest BCUT2D eigenvalue weighted by molar-refractivity contribution is 5.85. The Morgan fingerprint density at radius 3 is 1.00 bits per heavy atom. The Morgan fingerprint density at radius 1 is 0.364 bits per heavy atom. The van der Waals surface area contributed by atoms with Crippen LogP contribution in [-0.2, 0) is 23.9 Å². The summed E-state index contributed by atoms with van der Waals surface area (Å²) in [5.41, 5.74) is 0. The van der Waals surface area contributed by atoms with Crippen molar-refractivity contribution in [2.24, 2.45) is 0 Å². The van der Waals surface area contributed by atoms with Gasteiger partial charge < -0.3 is 14.8 Å². The number of carbonyl (C=O) groups is 3. The van der Waals surface area contributed by atoms with E-state index in [4.69, 9.17) is 9.47 Å². The van der Waals surface area contributed by atoms with Crippen molar-refractivity contribution in [1.29, 1.82) is 0 Å². The second-order valence-electron chi connectivity index (χ2n) is 16.8. The Labute approximate surface area is 343 Å². The summed E-state index contributed by atoms with van der Waals surface area (Å²) in [5, 5.41) is 2.90. The molecule has 55 heavy (non-hydrogen) atoms. The minimum absolute atomic E-state index is 0.107. The molecule has 0 saturated carbocycles. The average molecular weight is 778 g/mol. The lowest BCUT2D eigenvalue weighted by Gasteiger charge is -2.18. The van der Waals surface area contributed by atoms with Crippen molar-refractivity contribution in [3.63, 3.8) is 0 Å². The van der Waals surface area contributed by atoms with E-state index in [9.17, 15) is 14.4 Å². The van der Waals surface area contributed by atoms with Crippen molar-refractivity contribution in [2.75, 3.05) is 13.2 Å². The third-order valence-electron chi connectivity index (χ3n) is 11.3. The maximum absolute atomic E-state index is 13.1. The second kappa shape index (κ2) is 45.1. The van der Waals surface area contributed by atoms with Crippen molar-refractivity contribution in [2.45, 2.75) is 284 Å². The molecule has 0 fully saturated rings. The topological polar surface area (TPSA) is 81.7 Å². The number of ether oxygens (including phenoxy) is 2. The van der Waals surface area contributed by atoms with E-state index in [0.717, 1.165) is 44.9 Å². The van der Waals surface area contributed by atoms with Gasteiger partial charge in [-0.2, -0.15) is 0 Å². The molecule has 0 aliphatic rings. The van der Waals surface area contributed by atoms with Gasteiger partial charge in [0.05, 0.1) is 13.2 Å². The van der Waals surface area contributed by atoms with Crippen LogP contribution in [0.4, 0.5) is 0 Å². The summed E-state index contributed by atoms with van der Waals surface area (Å²) in [6.45, 7) is 7.58. The quantitative estimate of drug-likeness (QED) is 0.0492. The number of nitrogens with one attached hydrogen (secondary N) is 1. The Hall–Kier alpha value is -1.59. The molecule has 0 aliphatic heterocycles. The third kappa shape index (κ3) is 41.9. The van der Waals surface area contributed by atoms with Crippen LogP contribution in [0.2, 0.25) is 0 Å². The molecule has 0 radical (unpaired) electrons. The lowest BCUT2D eigenvalue weighted by Crippen LogP contribution is -2.42. The Bertz CT molecular complexity index is 817. The molecule has 0 unspecified atom stereocenters. The van der Waals surface area contributed by atoms with Gasteiger partial charge in [-0.05, 0) is 25.7 Å². The number of rotatable bonds is 45. The average Bonchev–Trinajstić information content (AvgIpc) is 3.18. The predicted molar refractivity (Wildman–Crippen MR) is 236 cm³/mol. The summed E-state index contributed by atoms with van der Waals surface area (Å²) in [6.07, 6.45) is 47.4. The van der Waals surface area contributed by atoms with Crippen LogP contribution < -0.4 is 5.32 Å². The van der Waals surface area contributed by atoms with Crippen molar-refractivity contribution in [3.05, 3.63) is 0 Å². The van der Waals surface area contributed by atoms with Gasteiger partial charge in [0, 0.05) is 12.8 Å². The molecular formula is C49H95NO5. The summed E-state index contributed by atoms with van der Waals surface area (Å²) in [4.78, 5) is 38.4. The van der Waals surface area contributed by atoms with Crippen molar-refractivity contribution in [3.8, 4) is 0 Å². The van der Waals surface area contributed by atoms with Gasteiger partial charge in [0.2, 0.25) is 5.91 Å². The molecule has 0 heterocycles. The van der Waals surface area contributed by atoms with Crippen LogP contribution in [0.15, 0.2) is 0 Å². The molecule has 1 amide bonds. The maximum Gasteiger partial charge on any atom is 0.328 e. The van der Waals surface area contributed by atoms with Crippen LogP contribution in [0, 0.1) is 0 Å². The molecule has 1 atom stereocenters. The summed E-state index contributed by atoms with van der Waals surface area (Å²) < 4.78 is 11.1. The lowest BCUT2D eigenvalue weighted by atomic mass is 10.0. The summed E-state index contributed by atoms with van der Waals surface area (Å²) in [5.74, 6) is -0.847. The minimum Gasteiger partial charge on any atom is -0.466 e. The van der Waals surface area contributed by atoms with Crippen LogP contribution in [0.5, 0.6) is 0 Å². The molecular weight excluding hydrogens is 683 g/mol. The fourth-order valence-corrected chi connectivity index (χ4v) is 7.50. The first-order valence-electron chi connectivity index (χ1n) is 24.7. The highest BCUT2D eigenvalue weighted by atomic mass is 16.5. The molecule has 326 valence electrons. The molecule has 0 spiro atoms. The van der Waals surface area contributed by atoms with Gasteiger partial charge in [-0.1, -0.05) is 239 Å². The van der Waals surface area contributed by atoms with Crippen LogP contribution in [-0.4, -0.2) is 37.1 Å². The Morgan fingerprint density at radius 2 is 0.655 bits per heavy atom. The number of hydrogen-bond donors (Lipinski definition) is 1. The first-order valence-corrected chi connectivity index (χ1v) is 24.7. The molecule has 0 saturated heterocycles. The first kappa shape index (κ1) is 53.4. The molecule has 0 bridgehead atoms. The summed E-state index contributed by atoms with van der Waals surface area (Å²) in [7, 11) is 0. The fourth-order valence-electron chi connectivity index (χ4n) is 7.50. The van der Waals surface area contributed by atoms with Gasteiger partial charge in [-0.15, -0.1) is 0 Å². The Balaban J connectivity index is 4.27. The molecule has 1 N–H and O–H groups in total. The summed E-state index contributed by atoms with van der Waals surface area (Å²) >= 11 is 0. The molecule has 0 aliphatic carbocycles. The van der Waals surface area contributed by atoms with Gasteiger partial charge in [0.1, 0.15) is 6.04 Å². The normalized spacial score (nSPS) is 11.8. The molecule has 0 aromatic rings. The van der Waals surface area contributed by atoms with Crippen LogP contribution >= 0.6 is 0 Å². The van der Waals surface area contributed by atoms with E-state index in [1.807, 2.05) is 0 Å². The van der Waals surface area contributed by atoms with E-state index >= 15 is 0 Å². The molecule has 0 rings (SSSR count). The van der Waals surface area contributed by atoms with E-state index in [2.05, 4.69) is 26.1 Å². The number of carbonyl (C=O) groups excluding carboxylic acids is 3. The fraction of sp³-hybridized carbons (Fsp3) is 0.939. The zero-order valence-corrected chi connectivity index (χ0v) is 37.3. The van der Waals surface area contributed by atoms with E-state index in [0.29, 0.717) is 19.6 Å². The second-order valence-corrected chi connectivity index (χ2v) is 16.8. The highest BCUT2D eigenvalue weighted by Gasteiger charge is 2.23. The number of amides is 1. The smallest absolute Gasteiger partial charge is 0.328 e. The van der Waals surface area contributed by atoms with Gasteiger partial charge in [-0.25, -0.2) is 4.79 Å². The SMILES string of the molecule is CCCCCCCCCCCCCCCCOC(=O)CC[C@H](NC(=O)CCCCCCCCCCC)C(=O)OCCCCCCCCCCCCCCCC. The zero-order valence-electron chi connectivity index (χ0n) is 37.3. The number of esters is 2. The largest absolute Gasteiger partial charge is 0.466 e. The summed E-state index contributed by atoms with van der Waals surface area (Å²) in [6, 6.07) is -0.800. The first-order chi connectivity index (χ1) is 27.0. The van der Waals surface area contributed by atoms with Crippen LogP contribution in [0.3, 0.4) is 0 Å². The van der Waals surface area contributed by atoms with E-state index in [-0.39, 0.29) is 24.7 Å². The molecule has 6 nitrogen and oxygen atoms in total. The third-order valence-corrected chi connectivity index (χ3v) is 11.3. The van der Waals surface area contributed by atoms with E-state index < -0.39 is 12.0 Å². The van der Waals surface area contributed by atoms with Crippen molar-refractivity contribution < 1.29 is 23.9 Å². The van der Waals surface area contributed by atoms with Gasteiger partial charge >= 0.3 is 11.9 Å². The van der Waals surface area contributed by atoms with Crippen LogP contribution in [0.1, 0.15) is 278 Å². The number of unbranched alkanes of at least 4 members (excludes halogenated alkanes) is 34. The predicted octanol–water partition coefficient (Wildman–Crippen LogP) is 15.2. The molecule has 0 aromatic heterocycles. The van der Waals surface area contributed by atoms with Crippen LogP contribution in [0.25, 0.3) is 0 Å². The van der Waals surface area contributed by atoms with Gasteiger partial charge in [-0.3, -0.25) is 9.59 Å². The van der Waals surface area contributed by atoms with E-state index in [1.54, 1.807) is 0 Å². The minimum atomic E-state index is -0.800. The standard InChI is InChI=1S/C49H95NO5/c1-4-7-10-13-16-19-21-23-25-27-30-33-36-39-44-54-48(52)43-42-46(50-47(51)41-38-35-32-29-18-15-12-9-6-3)49(53)55-45-40-37-34-31-28-26-24-22-20-17-14-11-8-5-2/h46H,4-45H2,1-3H3,(H,50,51)/t46-/m0/s1. The van der Waals surface area contributed by atoms with Gasteiger partial charge in [0.25, 0.3) is 0 Å². The van der Waals surface area contributed by atoms with Crippen molar-refractivity contribution in [1.82, 2.24) is 5.32 Å². The number of hydrogen-bond acceptors (Lipinski definition) is 5. The molecule has 0 aromatic carbocycles. The van der Waals surface area contributed by atoms with E-state index in [1.165, 1.54) is 193 Å².